The normalized spacial score (nSPS) is 19.7. The summed E-state index contributed by atoms with van der Waals surface area (Å²) >= 11 is 5.86. The summed E-state index contributed by atoms with van der Waals surface area (Å²) in [6.45, 7) is 4.69. The maximum atomic E-state index is 13.6. The second-order valence-corrected chi connectivity index (χ2v) is 11.4. The van der Waals surface area contributed by atoms with E-state index in [1.807, 2.05) is 13.0 Å². The molecule has 1 spiro atoms. The molecule has 1 amide bonds. The highest BCUT2D eigenvalue weighted by Crippen LogP contribution is 2.53. The molecule has 2 N–H and O–H groups in total. The van der Waals surface area contributed by atoms with Gasteiger partial charge in [-0.05, 0) is 57.0 Å². The van der Waals surface area contributed by atoms with Crippen LogP contribution in [0.3, 0.4) is 0 Å². The Bertz CT molecular complexity index is 1470. The summed E-state index contributed by atoms with van der Waals surface area (Å²) in [5.41, 5.74) is 0.330. The van der Waals surface area contributed by atoms with Crippen molar-refractivity contribution in [3.8, 4) is 22.9 Å². The first-order chi connectivity index (χ1) is 20.2. The molecule has 3 fully saturated rings. The maximum Gasteiger partial charge on any atom is 0.419 e. The Morgan fingerprint density at radius 3 is 2.76 bits per heavy atom. The number of ether oxygens (including phenoxy) is 2. The molecule has 13 heteroatoms. The highest BCUT2D eigenvalue weighted by Gasteiger charge is 2.55. The molecule has 3 aromatic heterocycles. The molecule has 3 aliphatic rings. The van der Waals surface area contributed by atoms with Crippen LogP contribution < -0.4 is 25.0 Å². The molecule has 6 rings (SSSR count). The summed E-state index contributed by atoms with van der Waals surface area (Å²) < 4.78 is 52.9. The second kappa shape index (κ2) is 11.2. The smallest absolute Gasteiger partial charge is 0.419 e. The van der Waals surface area contributed by atoms with Gasteiger partial charge in [0.05, 0.1) is 34.8 Å². The average Bonchev–Trinajstić information content (AvgIpc) is 3.42. The van der Waals surface area contributed by atoms with Crippen LogP contribution in [0.5, 0.6) is 11.6 Å². The number of carbonyl (C=O) groups is 1. The standard InChI is InChI=1S/C29H30ClF3N6O3/c1-2-41-27-19(4-3-8-36-27)21-5-6-23(25(38-21)26(40)37-17-7-9-34-12-17)42-18-10-28(11-18)15-39(16-28)22-14-35-13-20(30)24(22)29(31,32)33/h3-6,8,13-14,17-18,34H,2,7,9-12,15-16H2,1H3,(H,37,40). The van der Waals surface area contributed by atoms with Gasteiger partial charge in [-0.3, -0.25) is 9.78 Å². The fourth-order valence-corrected chi connectivity index (χ4v) is 6.29. The lowest BCUT2D eigenvalue weighted by Gasteiger charge is -2.59. The van der Waals surface area contributed by atoms with E-state index in [-0.39, 0.29) is 34.8 Å². The van der Waals surface area contributed by atoms with Gasteiger partial charge in [-0.1, -0.05) is 11.6 Å². The van der Waals surface area contributed by atoms with E-state index in [1.165, 1.54) is 6.20 Å². The van der Waals surface area contributed by atoms with E-state index in [0.29, 0.717) is 62.0 Å². The molecule has 0 radical (unpaired) electrons. The molecule has 2 aliphatic heterocycles. The van der Waals surface area contributed by atoms with Crippen molar-refractivity contribution >= 4 is 23.2 Å². The van der Waals surface area contributed by atoms with Crippen LogP contribution in [0.1, 0.15) is 42.2 Å². The quantitative estimate of drug-likeness (QED) is 0.381. The Hall–Kier alpha value is -3.64. The predicted octanol–water partition coefficient (Wildman–Crippen LogP) is 4.75. The van der Waals surface area contributed by atoms with Crippen LogP contribution in [0.25, 0.3) is 11.3 Å². The third-order valence-electron chi connectivity index (χ3n) is 7.97. The third kappa shape index (κ3) is 5.57. The largest absolute Gasteiger partial charge is 0.488 e. The zero-order chi connectivity index (χ0) is 29.5. The Morgan fingerprint density at radius 1 is 1.24 bits per heavy atom. The van der Waals surface area contributed by atoms with Gasteiger partial charge in [-0.15, -0.1) is 0 Å². The number of halogens is 4. The molecule has 1 atom stereocenters. The zero-order valence-corrected chi connectivity index (χ0v) is 23.6. The van der Waals surface area contributed by atoms with Crippen molar-refractivity contribution in [2.75, 3.05) is 37.7 Å². The summed E-state index contributed by atoms with van der Waals surface area (Å²) in [6, 6.07) is 7.11. The van der Waals surface area contributed by atoms with Gasteiger partial charge < -0.3 is 25.0 Å². The summed E-state index contributed by atoms with van der Waals surface area (Å²) in [6.07, 6.45) is 1.19. The highest BCUT2D eigenvalue weighted by atomic mass is 35.5. The fraction of sp³-hybridized carbons (Fsp3) is 0.448. The van der Waals surface area contributed by atoms with Crippen LogP contribution in [0, 0.1) is 5.41 Å². The van der Waals surface area contributed by atoms with Gasteiger partial charge in [0.2, 0.25) is 5.88 Å². The molecule has 0 aromatic carbocycles. The lowest BCUT2D eigenvalue weighted by atomic mass is 9.61. The van der Waals surface area contributed by atoms with Crippen LogP contribution in [0.4, 0.5) is 18.9 Å². The molecule has 5 heterocycles. The first kappa shape index (κ1) is 28.5. The molecule has 222 valence electrons. The number of hydrogen-bond donors (Lipinski definition) is 2. The SMILES string of the molecule is CCOc1ncccc1-c1ccc(OC2CC3(C2)CN(c2cncc(Cl)c2C(F)(F)F)C3)c(C(=O)NC2CCNC2)n1. The first-order valence-corrected chi connectivity index (χ1v) is 14.3. The van der Waals surface area contributed by atoms with Gasteiger partial charge >= 0.3 is 6.18 Å². The zero-order valence-electron chi connectivity index (χ0n) is 22.9. The number of aromatic nitrogens is 3. The Balaban J connectivity index is 1.18. The lowest BCUT2D eigenvalue weighted by molar-refractivity contribution is -0.137. The Kier molecular flexibility index (Phi) is 7.61. The van der Waals surface area contributed by atoms with Crippen LogP contribution in [-0.2, 0) is 6.18 Å². The fourth-order valence-electron chi connectivity index (χ4n) is 6.03. The van der Waals surface area contributed by atoms with E-state index in [0.717, 1.165) is 19.2 Å². The monoisotopic (exact) mass is 602 g/mol. The summed E-state index contributed by atoms with van der Waals surface area (Å²) in [4.78, 5) is 27.9. The van der Waals surface area contributed by atoms with Crippen LogP contribution in [-0.4, -0.2) is 65.8 Å². The Morgan fingerprint density at radius 2 is 2.05 bits per heavy atom. The lowest BCUT2D eigenvalue weighted by Crippen LogP contribution is -2.65. The molecule has 0 bridgehead atoms. The number of carbonyl (C=O) groups excluding carboxylic acids is 1. The van der Waals surface area contributed by atoms with Crippen LogP contribution in [0.2, 0.25) is 5.02 Å². The van der Waals surface area contributed by atoms with Crippen molar-refractivity contribution in [1.29, 1.82) is 0 Å². The average molecular weight is 603 g/mol. The van der Waals surface area contributed by atoms with Gasteiger partial charge in [0.15, 0.2) is 11.4 Å². The number of hydrogen-bond acceptors (Lipinski definition) is 8. The van der Waals surface area contributed by atoms with Crippen molar-refractivity contribution in [3.63, 3.8) is 0 Å². The van der Waals surface area contributed by atoms with Gasteiger partial charge in [0.25, 0.3) is 5.91 Å². The molecular weight excluding hydrogens is 573 g/mol. The van der Waals surface area contributed by atoms with Gasteiger partial charge in [0, 0.05) is 43.5 Å². The number of anilines is 1. The minimum Gasteiger partial charge on any atom is -0.488 e. The van der Waals surface area contributed by atoms with E-state index in [2.05, 4.69) is 20.6 Å². The van der Waals surface area contributed by atoms with E-state index < -0.39 is 16.8 Å². The molecule has 42 heavy (non-hydrogen) atoms. The van der Waals surface area contributed by atoms with E-state index in [1.54, 1.807) is 29.3 Å². The van der Waals surface area contributed by atoms with E-state index >= 15 is 0 Å². The van der Waals surface area contributed by atoms with Crippen molar-refractivity contribution < 1.29 is 27.4 Å². The molecular formula is C29H30ClF3N6O3. The van der Waals surface area contributed by atoms with Crippen LogP contribution >= 0.6 is 11.6 Å². The van der Waals surface area contributed by atoms with Crippen LogP contribution in [0.15, 0.2) is 42.9 Å². The van der Waals surface area contributed by atoms with Crippen molar-refractivity contribution in [1.82, 2.24) is 25.6 Å². The molecule has 1 aliphatic carbocycles. The third-order valence-corrected chi connectivity index (χ3v) is 8.25. The topological polar surface area (TPSA) is 102 Å². The molecule has 3 aromatic rings. The molecule has 2 saturated heterocycles. The number of alkyl halides is 3. The first-order valence-electron chi connectivity index (χ1n) is 13.9. The maximum absolute atomic E-state index is 13.6. The minimum atomic E-state index is -4.58. The van der Waals surface area contributed by atoms with E-state index in [9.17, 15) is 18.0 Å². The van der Waals surface area contributed by atoms with E-state index in [4.69, 9.17) is 26.1 Å². The van der Waals surface area contributed by atoms with Crippen molar-refractivity contribution in [2.45, 2.75) is 44.5 Å². The van der Waals surface area contributed by atoms with Gasteiger partial charge in [0.1, 0.15) is 11.7 Å². The summed E-state index contributed by atoms with van der Waals surface area (Å²) in [5.74, 6) is 0.449. The molecule has 1 unspecified atom stereocenters. The summed E-state index contributed by atoms with van der Waals surface area (Å²) in [5, 5.41) is 5.87. The van der Waals surface area contributed by atoms with Crippen molar-refractivity contribution in [2.24, 2.45) is 5.41 Å². The van der Waals surface area contributed by atoms with Gasteiger partial charge in [-0.2, -0.15) is 13.2 Å². The molecule has 9 nitrogen and oxygen atoms in total. The summed E-state index contributed by atoms with van der Waals surface area (Å²) in [7, 11) is 0. The van der Waals surface area contributed by atoms with Gasteiger partial charge in [-0.25, -0.2) is 9.97 Å². The van der Waals surface area contributed by atoms with Crippen molar-refractivity contribution in [3.05, 3.63) is 59.1 Å². The number of rotatable bonds is 8. The Labute approximate surface area is 245 Å². The number of nitrogens with one attached hydrogen (secondary N) is 2. The highest BCUT2D eigenvalue weighted by molar-refractivity contribution is 6.31. The molecule has 1 saturated carbocycles. The predicted molar refractivity (Wildman–Crippen MR) is 150 cm³/mol. The number of nitrogens with zero attached hydrogens (tertiary/aromatic N) is 4. The second-order valence-electron chi connectivity index (χ2n) is 11.0. The minimum absolute atomic E-state index is 0.00744. The number of amides is 1. The number of pyridine rings is 3.